The fourth-order valence-electron chi connectivity index (χ4n) is 2.82. The number of sulfonamides is 1. The molecule has 0 aromatic heterocycles. The molecule has 0 aliphatic rings. The summed E-state index contributed by atoms with van der Waals surface area (Å²) in [5.41, 5.74) is 3.26. The number of carbonyl (C=O) groups is 1. The molecule has 0 fully saturated rings. The van der Waals surface area contributed by atoms with Crippen molar-refractivity contribution in [1.29, 1.82) is 0 Å². The molecule has 0 saturated heterocycles. The van der Waals surface area contributed by atoms with E-state index in [9.17, 15) is 13.2 Å². The lowest BCUT2D eigenvalue weighted by atomic mass is 9.87. The van der Waals surface area contributed by atoms with Gasteiger partial charge in [-0.1, -0.05) is 58.0 Å². The largest absolute Gasteiger partial charge is 0.325 e. The minimum atomic E-state index is -3.59. The lowest BCUT2D eigenvalue weighted by Gasteiger charge is -2.24. The third-order valence-corrected chi connectivity index (χ3v) is 5.49. The molecule has 0 heterocycles. The quantitative estimate of drug-likeness (QED) is 0.815. The Morgan fingerprint density at radius 3 is 2.15 bits per heavy atom. The summed E-state index contributed by atoms with van der Waals surface area (Å²) in [5, 5.41) is 2.79. The monoisotopic (exact) mass is 388 g/mol. The number of anilines is 2. The number of rotatable bonds is 6. The van der Waals surface area contributed by atoms with Crippen molar-refractivity contribution in [3.8, 4) is 0 Å². The number of amides is 1. The van der Waals surface area contributed by atoms with Crippen molar-refractivity contribution in [3.63, 3.8) is 0 Å². The second-order valence-electron chi connectivity index (χ2n) is 7.63. The van der Waals surface area contributed by atoms with Crippen LogP contribution in [0.5, 0.6) is 0 Å². The first-order chi connectivity index (χ1) is 12.5. The minimum Gasteiger partial charge on any atom is -0.325 e. The van der Waals surface area contributed by atoms with Gasteiger partial charge in [0.2, 0.25) is 15.9 Å². The van der Waals surface area contributed by atoms with E-state index in [0.717, 1.165) is 21.7 Å². The molecule has 0 radical (unpaired) electrons. The molecule has 27 heavy (non-hydrogen) atoms. The highest BCUT2D eigenvalue weighted by molar-refractivity contribution is 7.92. The molecular weight excluding hydrogens is 360 g/mol. The molecule has 146 valence electrons. The van der Waals surface area contributed by atoms with E-state index < -0.39 is 10.0 Å². The SMILES string of the molecule is CCc1ccccc1N(CC(=O)Nc1ccc(C(C)(C)C)cc1)S(C)(=O)=O. The predicted molar refractivity (Wildman–Crippen MR) is 112 cm³/mol. The molecule has 0 unspecified atom stereocenters. The zero-order valence-corrected chi connectivity index (χ0v) is 17.4. The number of carbonyl (C=O) groups excluding carboxylic acids is 1. The van der Waals surface area contributed by atoms with E-state index >= 15 is 0 Å². The molecule has 0 atom stereocenters. The van der Waals surface area contributed by atoms with Gasteiger partial charge in [-0.3, -0.25) is 9.10 Å². The van der Waals surface area contributed by atoms with Crippen LogP contribution in [0.15, 0.2) is 48.5 Å². The summed E-state index contributed by atoms with van der Waals surface area (Å²) >= 11 is 0. The van der Waals surface area contributed by atoms with E-state index in [1.807, 2.05) is 43.3 Å². The Labute approximate surface area is 162 Å². The summed E-state index contributed by atoms with van der Waals surface area (Å²) in [6, 6.07) is 14.8. The maximum atomic E-state index is 12.5. The molecule has 1 N–H and O–H groups in total. The molecule has 2 aromatic carbocycles. The van der Waals surface area contributed by atoms with Gasteiger partial charge < -0.3 is 5.32 Å². The van der Waals surface area contributed by atoms with Crippen LogP contribution in [-0.4, -0.2) is 27.1 Å². The van der Waals surface area contributed by atoms with Crippen LogP contribution in [0, 0.1) is 0 Å². The number of nitrogens with zero attached hydrogens (tertiary/aromatic N) is 1. The Kier molecular flexibility index (Phi) is 6.31. The van der Waals surface area contributed by atoms with Gasteiger partial charge in [0.25, 0.3) is 0 Å². The molecule has 6 heteroatoms. The second kappa shape index (κ2) is 8.13. The standard InChI is InChI=1S/C21H28N2O3S/c1-6-16-9-7-8-10-19(16)23(27(5,25)26)15-20(24)22-18-13-11-17(12-14-18)21(2,3)4/h7-14H,6,15H2,1-5H3,(H,22,24). The van der Waals surface area contributed by atoms with E-state index in [4.69, 9.17) is 0 Å². The van der Waals surface area contributed by atoms with Crippen molar-refractivity contribution in [1.82, 2.24) is 0 Å². The van der Waals surface area contributed by atoms with Gasteiger partial charge in [0.15, 0.2) is 0 Å². The Bertz CT molecular complexity index is 898. The zero-order valence-electron chi connectivity index (χ0n) is 16.6. The van der Waals surface area contributed by atoms with Gasteiger partial charge in [-0.2, -0.15) is 0 Å². The summed E-state index contributed by atoms with van der Waals surface area (Å²) in [5.74, 6) is -0.380. The summed E-state index contributed by atoms with van der Waals surface area (Å²) in [4.78, 5) is 12.5. The highest BCUT2D eigenvalue weighted by Gasteiger charge is 2.23. The molecule has 2 rings (SSSR count). The van der Waals surface area contributed by atoms with Gasteiger partial charge in [-0.05, 0) is 41.2 Å². The van der Waals surface area contributed by atoms with Crippen molar-refractivity contribution < 1.29 is 13.2 Å². The Balaban J connectivity index is 2.20. The third kappa shape index (κ3) is 5.57. The van der Waals surface area contributed by atoms with E-state index in [2.05, 4.69) is 26.1 Å². The molecule has 2 aromatic rings. The molecule has 0 saturated carbocycles. The average Bonchev–Trinajstić information content (AvgIpc) is 2.58. The molecule has 0 aliphatic carbocycles. The van der Waals surface area contributed by atoms with Crippen LogP contribution in [0.2, 0.25) is 0 Å². The predicted octanol–water partition coefficient (Wildman–Crippen LogP) is 3.95. The van der Waals surface area contributed by atoms with Crippen LogP contribution >= 0.6 is 0 Å². The van der Waals surface area contributed by atoms with Gasteiger partial charge in [0, 0.05) is 5.69 Å². The minimum absolute atomic E-state index is 0.0273. The average molecular weight is 389 g/mol. The fourth-order valence-corrected chi connectivity index (χ4v) is 3.71. The van der Waals surface area contributed by atoms with Crippen molar-refractivity contribution >= 4 is 27.3 Å². The number of hydrogen-bond acceptors (Lipinski definition) is 3. The number of aryl methyl sites for hydroxylation is 1. The van der Waals surface area contributed by atoms with E-state index in [0.29, 0.717) is 17.8 Å². The number of para-hydroxylation sites is 1. The zero-order chi connectivity index (χ0) is 20.2. The molecule has 0 bridgehead atoms. The van der Waals surface area contributed by atoms with Crippen LogP contribution in [0.25, 0.3) is 0 Å². The number of nitrogens with one attached hydrogen (secondary N) is 1. The van der Waals surface area contributed by atoms with Gasteiger partial charge in [0.1, 0.15) is 6.54 Å². The maximum absolute atomic E-state index is 12.5. The van der Waals surface area contributed by atoms with Crippen LogP contribution in [-0.2, 0) is 26.7 Å². The van der Waals surface area contributed by atoms with Gasteiger partial charge in [0.05, 0.1) is 11.9 Å². The lowest BCUT2D eigenvalue weighted by molar-refractivity contribution is -0.114. The van der Waals surface area contributed by atoms with Crippen LogP contribution < -0.4 is 9.62 Å². The Morgan fingerprint density at radius 1 is 1.04 bits per heavy atom. The first-order valence-electron chi connectivity index (χ1n) is 8.98. The van der Waals surface area contributed by atoms with Crippen molar-refractivity contribution in [3.05, 3.63) is 59.7 Å². The Morgan fingerprint density at radius 2 is 1.63 bits per heavy atom. The van der Waals surface area contributed by atoms with Gasteiger partial charge >= 0.3 is 0 Å². The van der Waals surface area contributed by atoms with Crippen molar-refractivity contribution in [2.75, 3.05) is 22.4 Å². The summed E-state index contributed by atoms with van der Waals surface area (Å²) in [6.45, 7) is 8.05. The van der Waals surface area contributed by atoms with E-state index in [1.165, 1.54) is 0 Å². The summed E-state index contributed by atoms with van der Waals surface area (Å²) < 4.78 is 25.7. The number of benzene rings is 2. The van der Waals surface area contributed by atoms with Gasteiger partial charge in [-0.15, -0.1) is 0 Å². The fraction of sp³-hybridized carbons (Fsp3) is 0.381. The number of hydrogen-bond donors (Lipinski definition) is 1. The molecule has 1 amide bonds. The first-order valence-corrected chi connectivity index (χ1v) is 10.8. The van der Waals surface area contributed by atoms with Crippen molar-refractivity contribution in [2.45, 2.75) is 39.5 Å². The highest BCUT2D eigenvalue weighted by atomic mass is 32.2. The molecular formula is C21H28N2O3S. The van der Waals surface area contributed by atoms with Crippen molar-refractivity contribution in [2.24, 2.45) is 0 Å². The third-order valence-electron chi connectivity index (χ3n) is 4.36. The topological polar surface area (TPSA) is 66.5 Å². The normalized spacial score (nSPS) is 11.9. The Hall–Kier alpha value is -2.34. The molecule has 5 nitrogen and oxygen atoms in total. The van der Waals surface area contributed by atoms with Crippen LogP contribution in [0.3, 0.4) is 0 Å². The van der Waals surface area contributed by atoms with Gasteiger partial charge in [-0.25, -0.2) is 8.42 Å². The van der Waals surface area contributed by atoms with E-state index in [-0.39, 0.29) is 17.9 Å². The van der Waals surface area contributed by atoms with E-state index in [1.54, 1.807) is 12.1 Å². The first kappa shape index (κ1) is 21.0. The summed E-state index contributed by atoms with van der Waals surface area (Å²) in [7, 11) is -3.59. The molecule has 0 aliphatic heterocycles. The second-order valence-corrected chi connectivity index (χ2v) is 9.53. The maximum Gasteiger partial charge on any atom is 0.245 e. The smallest absolute Gasteiger partial charge is 0.245 e. The lowest BCUT2D eigenvalue weighted by Crippen LogP contribution is -2.38. The van der Waals surface area contributed by atoms with Crippen LogP contribution in [0.1, 0.15) is 38.8 Å². The highest BCUT2D eigenvalue weighted by Crippen LogP contribution is 2.25. The molecule has 0 spiro atoms. The summed E-state index contributed by atoms with van der Waals surface area (Å²) in [6.07, 6.45) is 1.79. The van der Waals surface area contributed by atoms with Crippen LogP contribution in [0.4, 0.5) is 11.4 Å².